The third-order valence-electron chi connectivity index (χ3n) is 3.38. The third kappa shape index (κ3) is 6.27. The summed E-state index contributed by atoms with van der Waals surface area (Å²) < 4.78 is 6.45. The molecule has 2 aromatic heterocycles. The number of hydrogen-bond donors (Lipinski definition) is 0. The van der Waals surface area contributed by atoms with Crippen LogP contribution >= 0.6 is 47.8 Å². The molecule has 0 bridgehead atoms. The van der Waals surface area contributed by atoms with Crippen LogP contribution in [-0.2, 0) is 0 Å². The summed E-state index contributed by atoms with van der Waals surface area (Å²) in [5.41, 5.74) is 0.940. The molecule has 0 aliphatic rings. The molecular weight excluding hydrogens is 580 g/mol. The molecule has 2 heterocycles. The Labute approximate surface area is 189 Å². The van der Waals surface area contributed by atoms with Gasteiger partial charge < -0.3 is 4.74 Å². The Morgan fingerprint density at radius 3 is 1.86 bits per heavy atom. The van der Waals surface area contributed by atoms with Gasteiger partial charge in [0.25, 0.3) is 5.69 Å². The van der Waals surface area contributed by atoms with E-state index in [1.807, 2.05) is 0 Å². The van der Waals surface area contributed by atoms with Gasteiger partial charge in [-0.1, -0.05) is 0 Å². The molecule has 0 amide bonds. The highest BCUT2D eigenvalue weighted by molar-refractivity contribution is 9.11. The first-order chi connectivity index (χ1) is 13.7. The van der Waals surface area contributed by atoms with Gasteiger partial charge in [-0.25, -0.2) is 9.97 Å². The molecule has 0 saturated heterocycles. The molecule has 0 aliphatic carbocycles. The number of halogens is 3. The summed E-state index contributed by atoms with van der Waals surface area (Å²) in [6.45, 7) is 0. The van der Waals surface area contributed by atoms with Crippen LogP contribution in [0.25, 0.3) is 11.3 Å². The first-order valence-electron chi connectivity index (χ1n) is 7.62. The summed E-state index contributed by atoms with van der Waals surface area (Å²) in [6, 6.07) is 9.78. The van der Waals surface area contributed by atoms with E-state index in [0.29, 0.717) is 26.0 Å². The Bertz CT molecular complexity index is 1050. The van der Waals surface area contributed by atoms with E-state index in [-0.39, 0.29) is 16.0 Å². The zero-order chi connectivity index (χ0) is 21.6. The van der Waals surface area contributed by atoms with Crippen molar-refractivity contribution in [2.45, 2.75) is 0 Å². The van der Waals surface area contributed by atoms with Gasteiger partial charge in [0.05, 0.1) is 17.0 Å². The second-order valence-corrected chi connectivity index (χ2v) is 7.81. The quantitative estimate of drug-likeness (QED) is 0.209. The first kappa shape index (κ1) is 22.8. The molecule has 1 aromatic carbocycles. The molecule has 0 aliphatic heterocycles. The van der Waals surface area contributed by atoms with Gasteiger partial charge in [-0.2, -0.15) is 0 Å². The lowest BCUT2D eigenvalue weighted by molar-refractivity contribution is -0.386. The van der Waals surface area contributed by atoms with Crippen molar-refractivity contribution in [2.75, 3.05) is 7.11 Å². The van der Waals surface area contributed by atoms with Crippen LogP contribution < -0.4 is 4.74 Å². The van der Waals surface area contributed by atoms with Crippen molar-refractivity contribution in [2.24, 2.45) is 0 Å². The lowest BCUT2D eigenvalue weighted by Gasteiger charge is -2.04. The van der Waals surface area contributed by atoms with Crippen molar-refractivity contribution in [1.82, 2.24) is 9.97 Å². The second-order valence-electron chi connectivity index (χ2n) is 5.23. The van der Waals surface area contributed by atoms with Crippen molar-refractivity contribution in [3.05, 3.63) is 82.6 Å². The number of pyridine rings is 2. The van der Waals surface area contributed by atoms with Crippen LogP contribution in [0.15, 0.2) is 62.3 Å². The number of methoxy groups -OCH3 is 1. The van der Waals surface area contributed by atoms with Gasteiger partial charge in [0, 0.05) is 39.0 Å². The molecule has 0 unspecified atom stereocenters. The lowest BCUT2D eigenvalue weighted by Crippen LogP contribution is -1.95. The van der Waals surface area contributed by atoms with Gasteiger partial charge in [-0.3, -0.25) is 20.2 Å². The Kier molecular flexibility index (Phi) is 8.17. The Morgan fingerprint density at radius 1 is 0.862 bits per heavy atom. The minimum Gasteiger partial charge on any atom is -0.497 e. The van der Waals surface area contributed by atoms with Crippen molar-refractivity contribution in [3.63, 3.8) is 0 Å². The third-order valence-corrected chi connectivity index (χ3v) is 4.86. The summed E-state index contributed by atoms with van der Waals surface area (Å²) in [5, 5.41) is 21.3. The molecule has 12 heteroatoms. The standard InChI is InChI=1S/C12H9BrN2O3.C5H2Br2N2O2/c1-18-10-4-2-8(3-5-10)12-11(15(16)17)6-9(13)7-14-12;6-3-1-4(9(10)11)5(7)8-2-3/h2-7H,1H3;1-2H. The number of benzene rings is 1. The normalized spacial score (nSPS) is 9.93. The molecule has 0 N–H and O–H groups in total. The van der Waals surface area contributed by atoms with Crippen LogP contribution in [0, 0.1) is 20.2 Å². The second kappa shape index (κ2) is 10.4. The van der Waals surface area contributed by atoms with E-state index >= 15 is 0 Å². The van der Waals surface area contributed by atoms with Gasteiger partial charge in [0.2, 0.25) is 0 Å². The lowest BCUT2D eigenvalue weighted by atomic mass is 10.1. The Hall–Kier alpha value is -2.44. The van der Waals surface area contributed by atoms with Crippen molar-refractivity contribution < 1.29 is 14.6 Å². The minimum atomic E-state index is -0.498. The average Bonchev–Trinajstić information content (AvgIpc) is 2.70. The summed E-state index contributed by atoms with van der Waals surface area (Å²) in [6.07, 6.45) is 3.02. The van der Waals surface area contributed by atoms with Crippen LogP contribution in [0.3, 0.4) is 0 Å². The van der Waals surface area contributed by atoms with Crippen molar-refractivity contribution in [1.29, 1.82) is 0 Å². The Morgan fingerprint density at radius 2 is 1.38 bits per heavy atom. The molecule has 0 radical (unpaired) electrons. The number of ether oxygens (including phenoxy) is 1. The first-order valence-corrected chi connectivity index (χ1v) is 10.0. The van der Waals surface area contributed by atoms with Crippen molar-refractivity contribution >= 4 is 59.2 Å². The molecule has 0 fully saturated rings. The average molecular weight is 591 g/mol. The van der Waals surface area contributed by atoms with E-state index in [1.54, 1.807) is 31.4 Å². The van der Waals surface area contributed by atoms with Gasteiger partial charge >= 0.3 is 5.69 Å². The number of aromatic nitrogens is 2. The molecule has 0 spiro atoms. The van der Waals surface area contributed by atoms with E-state index in [2.05, 4.69) is 57.8 Å². The van der Waals surface area contributed by atoms with Gasteiger partial charge in [-0.05, 0) is 72.1 Å². The van der Waals surface area contributed by atoms with E-state index in [4.69, 9.17) is 4.74 Å². The maximum Gasteiger partial charge on any atom is 0.303 e. The fourth-order valence-corrected chi connectivity index (χ4v) is 3.08. The molecule has 0 atom stereocenters. The number of hydrogen-bond acceptors (Lipinski definition) is 7. The maximum atomic E-state index is 11.0. The van der Waals surface area contributed by atoms with Crippen LogP contribution in [0.4, 0.5) is 11.4 Å². The summed E-state index contributed by atoms with van der Waals surface area (Å²) in [7, 11) is 1.56. The zero-order valence-electron chi connectivity index (χ0n) is 14.6. The monoisotopic (exact) mass is 588 g/mol. The summed E-state index contributed by atoms with van der Waals surface area (Å²) in [5.74, 6) is 0.693. The van der Waals surface area contributed by atoms with Crippen LogP contribution in [0.5, 0.6) is 5.75 Å². The fourth-order valence-electron chi connectivity index (χ4n) is 2.08. The van der Waals surface area contributed by atoms with Gasteiger partial charge in [0.1, 0.15) is 11.4 Å². The molecular formula is C17H11Br3N4O5. The molecule has 0 saturated carbocycles. The molecule has 3 rings (SSSR count). The van der Waals surface area contributed by atoms with Gasteiger partial charge in [-0.15, -0.1) is 0 Å². The predicted octanol–water partition coefficient (Wildman–Crippen LogP) is 5.94. The SMILES string of the molecule is COc1ccc(-c2ncc(Br)cc2[N+](=O)[O-])cc1.O=[N+]([O-])c1cc(Br)cnc1Br. The molecule has 29 heavy (non-hydrogen) atoms. The summed E-state index contributed by atoms with van der Waals surface area (Å²) in [4.78, 5) is 28.2. The summed E-state index contributed by atoms with van der Waals surface area (Å²) >= 11 is 9.21. The molecule has 150 valence electrons. The zero-order valence-corrected chi connectivity index (χ0v) is 19.3. The van der Waals surface area contributed by atoms with Crippen LogP contribution in [0.2, 0.25) is 0 Å². The van der Waals surface area contributed by atoms with E-state index in [1.165, 1.54) is 24.5 Å². The minimum absolute atomic E-state index is 0.0328. The number of nitrogens with zero attached hydrogens (tertiary/aromatic N) is 4. The van der Waals surface area contributed by atoms with E-state index < -0.39 is 9.85 Å². The highest BCUT2D eigenvalue weighted by atomic mass is 79.9. The Balaban J connectivity index is 0.000000234. The molecule has 9 nitrogen and oxygen atoms in total. The highest BCUT2D eigenvalue weighted by Crippen LogP contribution is 2.31. The largest absolute Gasteiger partial charge is 0.497 e. The maximum absolute atomic E-state index is 11.0. The predicted molar refractivity (Wildman–Crippen MR) is 117 cm³/mol. The van der Waals surface area contributed by atoms with Crippen LogP contribution in [-0.4, -0.2) is 26.9 Å². The topological polar surface area (TPSA) is 121 Å². The highest BCUT2D eigenvalue weighted by Gasteiger charge is 2.17. The van der Waals surface area contributed by atoms with E-state index in [9.17, 15) is 20.2 Å². The van der Waals surface area contributed by atoms with Crippen LogP contribution in [0.1, 0.15) is 0 Å². The fraction of sp³-hybridized carbons (Fsp3) is 0.0588. The van der Waals surface area contributed by atoms with E-state index in [0.717, 1.165) is 0 Å². The number of nitro groups is 2. The smallest absolute Gasteiger partial charge is 0.303 e. The van der Waals surface area contributed by atoms with Crippen molar-refractivity contribution in [3.8, 4) is 17.0 Å². The molecule has 3 aromatic rings. The van der Waals surface area contributed by atoms with Gasteiger partial charge in [0.15, 0.2) is 4.60 Å². The number of rotatable bonds is 4.